The highest BCUT2D eigenvalue weighted by Gasteiger charge is 2.15. The van der Waals surface area contributed by atoms with Crippen molar-refractivity contribution in [2.75, 3.05) is 20.2 Å². The van der Waals surface area contributed by atoms with Crippen LogP contribution in [-0.2, 0) is 27.4 Å². The maximum atomic E-state index is 12.3. The van der Waals surface area contributed by atoms with Crippen LogP contribution in [0.2, 0.25) is 5.02 Å². The number of aryl methyl sites for hydroxylation is 1. The maximum absolute atomic E-state index is 12.3. The van der Waals surface area contributed by atoms with E-state index in [0.717, 1.165) is 16.7 Å². The van der Waals surface area contributed by atoms with Crippen molar-refractivity contribution in [2.24, 2.45) is 0 Å². The lowest BCUT2D eigenvalue weighted by molar-refractivity contribution is -0.142. The molecule has 6 heteroatoms. The van der Waals surface area contributed by atoms with Crippen LogP contribution in [0.15, 0.2) is 48.5 Å². The van der Waals surface area contributed by atoms with E-state index in [4.69, 9.17) is 16.3 Å². The van der Waals surface area contributed by atoms with E-state index in [0.29, 0.717) is 18.1 Å². The van der Waals surface area contributed by atoms with Crippen LogP contribution in [0.25, 0.3) is 0 Å². The largest absolute Gasteiger partial charge is 0.468 e. The molecule has 2 aromatic carbocycles. The fourth-order valence-corrected chi connectivity index (χ4v) is 2.65. The van der Waals surface area contributed by atoms with Crippen molar-refractivity contribution in [3.05, 3.63) is 70.2 Å². The zero-order valence-electron chi connectivity index (χ0n) is 15.0. The normalized spacial score (nSPS) is 10.6. The molecule has 0 aromatic heterocycles. The summed E-state index contributed by atoms with van der Waals surface area (Å²) >= 11 is 5.90. The first-order valence-electron chi connectivity index (χ1n) is 8.32. The van der Waals surface area contributed by atoms with Gasteiger partial charge in [-0.05, 0) is 35.7 Å². The summed E-state index contributed by atoms with van der Waals surface area (Å²) in [7, 11) is 1.33. The Morgan fingerprint density at radius 3 is 2.42 bits per heavy atom. The molecule has 1 amide bonds. The number of hydrogen-bond acceptors (Lipinski definition) is 4. The molecule has 0 heterocycles. The molecule has 0 aliphatic heterocycles. The van der Waals surface area contributed by atoms with Crippen molar-refractivity contribution in [1.82, 2.24) is 10.2 Å². The van der Waals surface area contributed by atoms with Crippen LogP contribution in [-0.4, -0.2) is 37.0 Å². The Bertz CT molecular complexity index is 747. The topological polar surface area (TPSA) is 58.6 Å². The van der Waals surface area contributed by atoms with Crippen LogP contribution >= 0.6 is 11.6 Å². The molecule has 0 radical (unpaired) electrons. The van der Waals surface area contributed by atoms with Gasteiger partial charge < -0.3 is 10.1 Å². The molecule has 0 fully saturated rings. The summed E-state index contributed by atoms with van der Waals surface area (Å²) in [5.74, 6) is -0.531. The van der Waals surface area contributed by atoms with Gasteiger partial charge in [-0.25, -0.2) is 0 Å². The van der Waals surface area contributed by atoms with Gasteiger partial charge >= 0.3 is 5.97 Å². The van der Waals surface area contributed by atoms with Gasteiger partial charge in [0.15, 0.2) is 0 Å². The summed E-state index contributed by atoms with van der Waals surface area (Å²) < 4.78 is 4.73. The van der Waals surface area contributed by atoms with Gasteiger partial charge in [0.05, 0.1) is 20.2 Å². The predicted octanol–water partition coefficient (Wildman–Crippen LogP) is 2.94. The third-order valence-corrected chi connectivity index (χ3v) is 4.26. The third kappa shape index (κ3) is 6.50. The van der Waals surface area contributed by atoms with Gasteiger partial charge in [0, 0.05) is 18.1 Å². The average molecular weight is 375 g/mol. The summed E-state index contributed by atoms with van der Waals surface area (Å²) in [6, 6.07) is 15.2. The first-order valence-corrected chi connectivity index (χ1v) is 8.70. The minimum absolute atomic E-state index is 0.0386. The highest BCUT2D eigenvalue weighted by Crippen LogP contribution is 2.12. The third-order valence-electron chi connectivity index (χ3n) is 4.00. The second-order valence-electron chi connectivity index (χ2n) is 6.05. The molecule has 0 atom stereocenters. The fourth-order valence-electron chi connectivity index (χ4n) is 2.52. The Hall–Kier alpha value is -2.37. The smallest absolute Gasteiger partial charge is 0.319 e. The van der Waals surface area contributed by atoms with E-state index >= 15 is 0 Å². The SMILES string of the molecule is COC(=O)CN(CC(=O)NCc1ccccc1C)Cc1ccc(Cl)cc1. The second-order valence-corrected chi connectivity index (χ2v) is 6.49. The first-order chi connectivity index (χ1) is 12.5. The quantitative estimate of drug-likeness (QED) is 0.722. The molecule has 1 N–H and O–H groups in total. The van der Waals surface area contributed by atoms with E-state index < -0.39 is 0 Å². The number of methoxy groups -OCH3 is 1. The summed E-state index contributed by atoms with van der Waals surface area (Å²) in [6.45, 7) is 3.05. The number of halogens is 1. The van der Waals surface area contributed by atoms with Crippen molar-refractivity contribution >= 4 is 23.5 Å². The Labute approximate surface area is 158 Å². The number of benzene rings is 2. The minimum Gasteiger partial charge on any atom is -0.468 e. The van der Waals surface area contributed by atoms with Crippen LogP contribution in [0.5, 0.6) is 0 Å². The first kappa shape index (κ1) is 19.9. The Balaban J connectivity index is 1.96. The monoisotopic (exact) mass is 374 g/mol. The van der Waals surface area contributed by atoms with E-state index in [2.05, 4.69) is 5.32 Å². The fraction of sp³-hybridized carbons (Fsp3) is 0.300. The summed E-state index contributed by atoms with van der Waals surface area (Å²) in [5.41, 5.74) is 3.16. The molecule has 5 nitrogen and oxygen atoms in total. The van der Waals surface area contributed by atoms with Crippen LogP contribution < -0.4 is 5.32 Å². The lowest BCUT2D eigenvalue weighted by atomic mass is 10.1. The molecule has 0 aliphatic rings. The van der Waals surface area contributed by atoms with E-state index in [1.165, 1.54) is 7.11 Å². The standard InChI is InChI=1S/C20H23ClN2O3/c1-15-5-3-4-6-17(15)11-22-19(24)13-23(14-20(25)26-2)12-16-7-9-18(21)10-8-16/h3-10H,11-14H2,1-2H3,(H,22,24). The zero-order valence-corrected chi connectivity index (χ0v) is 15.8. The van der Waals surface area contributed by atoms with Crippen LogP contribution in [0.4, 0.5) is 0 Å². The highest BCUT2D eigenvalue weighted by atomic mass is 35.5. The van der Waals surface area contributed by atoms with Crippen LogP contribution in [0.3, 0.4) is 0 Å². The number of amides is 1. The number of rotatable bonds is 8. The molecule has 26 heavy (non-hydrogen) atoms. The molecule has 2 aromatic rings. The molecule has 0 unspecified atom stereocenters. The maximum Gasteiger partial charge on any atom is 0.319 e. The Morgan fingerprint density at radius 2 is 1.77 bits per heavy atom. The molecule has 0 aliphatic carbocycles. The number of hydrogen-bond donors (Lipinski definition) is 1. The van der Waals surface area contributed by atoms with Crippen molar-refractivity contribution in [1.29, 1.82) is 0 Å². The molecule has 138 valence electrons. The van der Waals surface area contributed by atoms with Gasteiger partial charge in [-0.3, -0.25) is 14.5 Å². The van der Waals surface area contributed by atoms with Crippen molar-refractivity contribution in [2.45, 2.75) is 20.0 Å². The van der Waals surface area contributed by atoms with E-state index in [-0.39, 0.29) is 25.0 Å². The molecule has 2 rings (SSSR count). The second kappa shape index (κ2) is 9.94. The van der Waals surface area contributed by atoms with Crippen LogP contribution in [0, 0.1) is 6.92 Å². The molecular weight excluding hydrogens is 352 g/mol. The van der Waals surface area contributed by atoms with Gasteiger partial charge in [-0.2, -0.15) is 0 Å². The summed E-state index contributed by atoms with van der Waals surface area (Å²) in [6.07, 6.45) is 0. The molecule has 0 spiro atoms. The number of nitrogens with one attached hydrogen (secondary N) is 1. The Kier molecular flexibility index (Phi) is 7.63. The molecule has 0 bridgehead atoms. The number of esters is 1. The Morgan fingerprint density at radius 1 is 1.08 bits per heavy atom. The predicted molar refractivity (Wildman–Crippen MR) is 102 cm³/mol. The molecular formula is C20H23ClN2O3. The minimum atomic E-state index is -0.384. The summed E-state index contributed by atoms with van der Waals surface area (Å²) in [4.78, 5) is 25.7. The molecule has 0 saturated carbocycles. The lowest BCUT2D eigenvalue weighted by Gasteiger charge is -2.21. The van der Waals surface area contributed by atoms with Crippen molar-refractivity contribution < 1.29 is 14.3 Å². The van der Waals surface area contributed by atoms with Gasteiger partial charge in [0.2, 0.25) is 5.91 Å². The average Bonchev–Trinajstić information content (AvgIpc) is 2.62. The van der Waals surface area contributed by atoms with Gasteiger partial charge in [0.25, 0.3) is 0 Å². The van der Waals surface area contributed by atoms with Crippen molar-refractivity contribution in [3.63, 3.8) is 0 Å². The van der Waals surface area contributed by atoms with E-state index in [1.54, 1.807) is 17.0 Å². The van der Waals surface area contributed by atoms with Gasteiger partial charge in [0.1, 0.15) is 0 Å². The van der Waals surface area contributed by atoms with Crippen LogP contribution in [0.1, 0.15) is 16.7 Å². The van der Waals surface area contributed by atoms with Crippen molar-refractivity contribution in [3.8, 4) is 0 Å². The lowest BCUT2D eigenvalue weighted by Crippen LogP contribution is -2.39. The van der Waals surface area contributed by atoms with E-state index in [9.17, 15) is 9.59 Å². The molecule has 0 saturated heterocycles. The van der Waals surface area contributed by atoms with Gasteiger partial charge in [-0.15, -0.1) is 0 Å². The number of ether oxygens (including phenoxy) is 1. The van der Waals surface area contributed by atoms with E-state index in [1.807, 2.05) is 43.3 Å². The van der Waals surface area contributed by atoms with Gasteiger partial charge in [-0.1, -0.05) is 48.0 Å². The summed E-state index contributed by atoms with van der Waals surface area (Å²) in [5, 5.41) is 3.55. The number of carbonyl (C=O) groups is 2. The number of carbonyl (C=O) groups excluding carboxylic acids is 2. The zero-order chi connectivity index (χ0) is 18.9. The number of nitrogens with zero attached hydrogens (tertiary/aromatic N) is 1. The highest BCUT2D eigenvalue weighted by molar-refractivity contribution is 6.30.